The van der Waals surface area contributed by atoms with Crippen LogP contribution in [-0.2, 0) is 20.7 Å². The topological polar surface area (TPSA) is 158 Å². The van der Waals surface area contributed by atoms with Crippen molar-refractivity contribution in [3.05, 3.63) is 64.2 Å². The summed E-state index contributed by atoms with van der Waals surface area (Å²) in [6.07, 6.45) is 4.26. The van der Waals surface area contributed by atoms with Gasteiger partial charge in [0.25, 0.3) is 0 Å². The van der Waals surface area contributed by atoms with Gasteiger partial charge < -0.3 is 40.5 Å². The summed E-state index contributed by atoms with van der Waals surface area (Å²) >= 11 is 6.40. The van der Waals surface area contributed by atoms with Crippen LogP contribution in [0, 0.1) is 0 Å². The molecule has 0 saturated carbocycles. The molecule has 5 atom stereocenters. The fraction of sp³-hybridized carbons (Fsp3) is 0.548. The Labute approximate surface area is 252 Å². The molecule has 232 valence electrons. The first kappa shape index (κ1) is 33.8. The molecule has 2 aromatic carbocycles. The van der Waals surface area contributed by atoms with Crippen LogP contribution in [0.15, 0.2) is 42.5 Å². The fourth-order valence-electron chi connectivity index (χ4n) is 5.13. The average molecular weight is 607 g/mol. The lowest BCUT2D eigenvalue weighted by atomic mass is 9.94. The summed E-state index contributed by atoms with van der Waals surface area (Å²) in [4.78, 5) is 20.3. The maximum absolute atomic E-state index is 10.1. The van der Waals surface area contributed by atoms with E-state index >= 15 is 0 Å². The Bertz CT molecular complexity index is 1090. The number of aliphatic hydroxyl groups is 2. The van der Waals surface area contributed by atoms with Gasteiger partial charge in [0, 0.05) is 17.9 Å². The van der Waals surface area contributed by atoms with E-state index in [1.54, 1.807) is 0 Å². The molecule has 3 aliphatic rings. The molecule has 6 N–H and O–H groups in total. The van der Waals surface area contributed by atoms with E-state index in [2.05, 4.69) is 10.6 Å². The zero-order valence-electron chi connectivity index (χ0n) is 24.0. The Morgan fingerprint density at radius 3 is 2.07 bits per heavy atom. The fourth-order valence-corrected chi connectivity index (χ4v) is 5.32. The maximum atomic E-state index is 10.1. The predicted molar refractivity (Wildman–Crippen MR) is 159 cm³/mol. The lowest BCUT2D eigenvalue weighted by Gasteiger charge is -2.32. The first-order valence-corrected chi connectivity index (χ1v) is 14.9. The molecular weight excluding hydrogens is 564 g/mol. The van der Waals surface area contributed by atoms with Crippen molar-refractivity contribution in [3.63, 3.8) is 0 Å². The van der Waals surface area contributed by atoms with Gasteiger partial charge in [-0.2, -0.15) is 0 Å². The predicted octanol–water partition coefficient (Wildman–Crippen LogP) is 3.55. The maximum Gasteiger partial charge on any atom is 0.320 e. The van der Waals surface area contributed by atoms with Crippen molar-refractivity contribution in [2.24, 2.45) is 0 Å². The van der Waals surface area contributed by atoms with E-state index < -0.39 is 18.0 Å². The molecule has 3 aliphatic heterocycles. The number of benzene rings is 2. The minimum atomic E-state index is -0.720. The number of carbonyl (C=O) groups is 2. The first-order valence-electron chi connectivity index (χ1n) is 14.6. The number of hydrogen-bond donors (Lipinski definition) is 6. The number of carboxylic acids is 2. The highest BCUT2D eigenvalue weighted by atomic mass is 35.5. The largest absolute Gasteiger partial charge is 0.494 e. The zero-order chi connectivity index (χ0) is 30.5. The van der Waals surface area contributed by atoms with Crippen molar-refractivity contribution < 1.29 is 39.5 Å². The summed E-state index contributed by atoms with van der Waals surface area (Å²) in [6.45, 7) is 4.24. The molecule has 0 radical (unpaired) electrons. The van der Waals surface area contributed by atoms with Gasteiger partial charge in [-0.1, -0.05) is 35.9 Å². The number of aliphatic hydroxyl groups excluding tert-OH is 2. The monoisotopic (exact) mass is 606 g/mol. The Hall–Kier alpha value is -2.73. The summed E-state index contributed by atoms with van der Waals surface area (Å²) in [5.74, 6) is -0.583. The van der Waals surface area contributed by atoms with Gasteiger partial charge in [0.1, 0.15) is 17.8 Å². The number of halogens is 1. The van der Waals surface area contributed by atoms with Gasteiger partial charge >= 0.3 is 11.9 Å². The molecule has 11 heteroatoms. The Kier molecular flexibility index (Phi) is 14.0. The second kappa shape index (κ2) is 17.4. The highest BCUT2D eigenvalue weighted by molar-refractivity contribution is 6.31. The van der Waals surface area contributed by atoms with Crippen LogP contribution in [0.25, 0.3) is 0 Å². The lowest BCUT2D eigenvalue weighted by Crippen LogP contribution is -2.33. The van der Waals surface area contributed by atoms with Crippen LogP contribution < -0.4 is 15.4 Å². The summed E-state index contributed by atoms with van der Waals surface area (Å²) < 4.78 is 11.4. The van der Waals surface area contributed by atoms with Crippen LogP contribution in [0.4, 0.5) is 0 Å². The Morgan fingerprint density at radius 1 is 0.976 bits per heavy atom. The lowest BCUT2D eigenvalue weighted by molar-refractivity contribution is -0.140. The zero-order valence-corrected chi connectivity index (χ0v) is 24.8. The second-order valence-corrected chi connectivity index (χ2v) is 11.0. The highest BCUT2D eigenvalue weighted by Gasteiger charge is 2.29. The number of rotatable bonds is 8. The van der Waals surface area contributed by atoms with E-state index in [0.717, 1.165) is 61.2 Å². The molecule has 0 spiro atoms. The van der Waals surface area contributed by atoms with Gasteiger partial charge in [-0.05, 0) is 87.0 Å². The van der Waals surface area contributed by atoms with E-state index in [-0.39, 0.29) is 30.9 Å². The molecular formula is C31H43ClN2O8. The molecule has 0 aromatic heterocycles. The Balaban J connectivity index is 0.000000244. The first-order chi connectivity index (χ1) is 20.2. The van der Waals surface area contributed by atoms with Crippen molar-refractivity contribution in [1.82, 2.24) is 10.6 Å². The third kappa shape index (κ3) is 10.8. The van der Waals surface area contributed by atoms with Crippen molar-refractivity contribution in [3.8, 4) is 5.75 Å². The third-order valence-corrected chi connectivity index (χ3v) is 7.74. The Morgan fingerprint density at radius 2 is 1.60 bits per heavy atom. The van der Waals surface area contributed by atoms with Crippen LogP contribution in [-0.4, -0.2) is 83.0 Å². The SMILES string of the molecule is CCOc1ccc(Cc2cc(C3CC(O)CC(CO)O3)ccc2Cl)cc1.O=C(O)C1CCCN1.O=C(O)C1CCCN1. The van der Waals surface area contributed by atoms with Crippen LogP contribution in [0.1, 0.15) is 68.2 Å². The van der Waals surface area contributed by atoms with Crippen molar-refractivity contribution in [1.29, 1.82) is 0 Å². The van der Waals surface area contributed by atoms with Gasteiger partial charge in [-0.3, -0.25) is 9.59 Å². The summed E-state index contributed by atoms with van der Waals surface area (Å²) in [7, 11) is 0. The molecule has 42 heavy (non-hydrogen) atoms. The molecule has 3 fully saturated rings. The van der Waals surface area contributed by atoms with Crippen LogP contribution in [0.5, 0.6) is 5.75 Å². The van der Waals surface area contributed by atoms with Gasteiger partial charge in [0.2, 0.25) is 0 Å². The normalized spacial score (nSPS) is 25.0. The number of hydrogen-bond acceptors (Lipinski definition) is 8. The van der Waals surface area contributed by atoms with Gasteiger partial charge in [-0.25, -0.2) is 0 Å². The van der Waals surface area contributed by atoms with Crippen LogP contribution in [0.2, 0.25) is 5.02 Å². The molecule has 3 saturated heterocycles. The minimum absolute atomic E-state index is 0.0831. The van der Waals surface area contributed by atoms with Crippen LogP contribution in [0.3, 0.4) is 0 Å². The number of carboxylic acid groups (broad SMARTS) is 2. The molecule has 0 amide bonds. The quantitative estimate of drug-likeness (QED) is 0.262. The van der Waals surface area contributed by atoms with Crippen molar-refractivity contribution >= 4 is 23.5 Å². The third-order valence-electron chi connectivity index (χ3n) is 7.37. The minimum Gasteiger partial charge on any atom is -0.494 e. The van der Waals surface area contributed by atoms with E-state index in [1.807, 2.05) is 49.4 Å². The van der Waals surface area contributed by atoms with E-state index in [4.69, 9.17) is 31.3 Å². The molecule has 10 nitrogen and oxygen atoms in total. The number of aliphatic carboxylic acids is 2. The van der Waals surface area contributed by atoms with Crippen LogP contribution >= 0.6 is 11.6 Å². The molecule has 5 rings (SSSR count). The number of ether oxygens (including phenoxy) is 2. The number of nitrogens with one attached hydrogen (secondary N) is 2. The smallest absolute Gasteiger partial charge is 0.320 e. The molecule has 3 heterocycles. The molecule has 0 aliphatic carbocycles. The van der Waals surface area contributed by atoms with Gasteiger partial charge in [-0.15, -0.1) is 0 Å². The molecule has 0 bridgehead atoms. The summed E-state index contributed by atoms with van der Waals surface area (Å²) in [5, 5.41) is 42.5. The summed E-state index contributed by atoms with van der Waals surface area (Å²) in [5.41, 5.74) is 3.13. The molecule has 5 unspecified atom stereocenters. The average Bonchev–Trinajstić information content (AvgIpc) is 3.71. The van der Waals surface area contributed by atoms with Gasteiger partial charge in [0.15, 0.2) is 0 Å². The summed E-state index contributed by atoms with van der Waals surface area (Å²) in [6, 6.07) is 13.3. The van der Waals surface area contributed by atoms with Crippen molar-refractivity contribution in [2.45, 2.75) is 82.3 Å². The van der Waals surface area contributed by atoms with Gasteiger partial charge in [0.05, 0.1) is 31.5 Å². The second-order valence-electron chi connectivity index (χ2n) is 10.6. The van der Waals surface area contributed by atoms with E-state index in [1.165, 1.54) is 0 Å². The van der Waals surface area contributed by atoms with E-state index in [0.29, 0.717) is 30.9 Å². The standard InChI is InChI=1S/C21H25ClO4.2C5H9NO2/c1-2-25-18-6-3-14(4-7-18)9-16-10-15(5-8-20(16)22)21-12-17(24)11-19(13-23)26-21;2*7-5(8)4-2-1-3-6-4/h3-8,10,17,19,21,23-24H,2,9,11-13H2,1H3;2*4,6H,1-3H2,(H,7,8). The van der Waals surface area contributed by atoms with Crippen molar-refractivity contribution in [2.75, 3.05) is 26.3 Å². The molecule has 2 aromatic rings. The van der Waals surface area contributed by atoms with E-state index in [9.17, 15) is 19.8 Å². The highest BCUT2D eigenvalue weighted by Crippen LogP contribution is 2.33.